The Kier molecular flexibility index (Phi) is 6.40. The highest BCUT2D eigenvalue weighted by Crippen LogP contribution is 2.30. The van der Waals surface area contributed by atoms with E-state index in [1.807, 2.05) is 0 Å². The number of Topliss-reactive ketones (excluding diaryl/α,β-unsaturated/α-hetero) is 1. The lowest BCUT2D eigenvalue weighted by Crippen LogP contribution is -2.38. The second-order valence-electron chi connectivity index (χ2n) is 7.92. The maximum Gasteiger partial charge on any atom is 0.227 e. The van der Waals surface area contributed by atoms with Crippen LogP contribution in [0.1, 0.15) is 39.9 Å². The summed E-state index contributed by atoms with van der Waals surface area (Å²) in [6.45, 7) is 1.60. The summed E-state index contributed by atoms with van der Waals surface area (Å²) in [7, 11) is 0. The van der Waals surface area contributed by atoms with Crippen molar-refractivity contribution in [2.75, 3.05) is 13.2 Å². The zero-order chi connectivity index (χ0) is 24.5. The molecule has 3 aromatic heterocycles. The molecule has 1 aromatic carbocycles. The third kappa shape index (κ3) is 4.15. The number of rotatable bonds is 9. The van der Waals surface area contributed by atoms with Crippen LogP contribution in [-0.2, 0) is 12.0 Å². The van der Waals surface area contributed by atoms with E-state index in [9.17, 15) is 23.8 Å². The van der Waals surface area contributed by atoms with Crippen LogP contribution in [0.15, 0.2) is 40.9 Å². The van der Waals surface area contributed by atoms with Gasteiger partial charge in [0.1, 0.15) is 29.4 Å². The highest BCUT2D eigenvalue weighted by molar-refractivity contribution is 5.97. The lowest BCUT2D eigenvalue weighted by molar-refractivity contribution is 0.0690. The third-order valence-electron chi connectivity index (χ3n) is 5.57. The molecule has 0 bridgehead atoms. The first-order valence-corrected chi connectivity index (χ1v) is 10.4. The molecule has 0 radical (unpaired) electrons. The molecule has 0 unspecified atom stereocenters. The fraction of sp³-hybridized carbons (Fsp3) is 0.304. The number of carbonyl (C=O) groups is 1. The van der Waals surface area contributed by atoms with Gasteiger partial charge in [-0.3, -0.25) is 9.20 Å². The van der Waals surface area contributed by atoms with Gasteiger partial charge in [-0.05, 0) is 31.2 Å². The van der Waals surface area contributed by atoms with Crippen LogP contribution < -0.4 is 4.74 Å². The van der Waals surface area contributed by atoms with Gasteiger partial charge in [0.25, 0.3) is 0 Å². The van der Waals surface area contributed by atoms with Crippen LogP contribution in [0, 0.1) is 25.5 Å². The molecule has 4 rings (SSSR count). The zero-order valence-electron chi connectivity index (χ0n) is 18.5. The van der Waals surface area contributed by atoms with Gasteiger partial charge in [-0.15, -0.1) is 10.2 Å². The normalized spacial score (nSPS) is 11.8. The molecule has 3 heterocycles. The van der Waals surface area contributed by atoms with Gasteiger partial charge in [0.2, 0.25) is 11.8 Å². The maximum atomic E-state index is 14.0. The van der Waals surface area contributed by atoms with Crippen molar-refractivity contribution in [1.29, 1.82) is 0 Å². The quantitative estimate of drug-likeness (QED) is 0.357. The molecule has 178 valence electrons. The molecule has 0 spiro atoms. The Hall–Kier alpha value is -3.70. The first-order valence-electron chi connectivity index (χ1n) is 10.4. The second-order valence-corrected chi connectivity index (χ2v) is 7.92. The van der Waals surface area contributed by atoms with Crippen LogP contribution >= 0.6 is 0 Å². The number of aliphatic hydroxyl groups is 2. The van der Waals surface area contributed by atoms with Gasteiger partial charge in [0.05, 0.1) is 24.5 Å². The van der Waals surface area contributed by atoms with Gasteiger partial charge in [0, 0.05) is 19.5 Å². The molecule has 0 amide bonds. The number of nitrogens with zero attached hydrogens (tertiary/aromatic N) is 4. The number of aromatic nitrogens is 4. The summed E-state index contributed by atoms with van der Waals surface area (Å²) in [4.78, 5) is 17.7. The van der Waals surface area contributed by atoms with Crippen molar-refractivity contribution in [1.82, 2.24) is 19.6 Å². The molecule has 4 aromatic rings. The van der Waals surface area contributed by atoms with Gasteiger partial charge < -0.3 is 19.4 Å². The highest BCUT2D eigenvalue weighted by atomic mass is 19.1. The summed E-state index contributed by atoms with van der Waals surface area (Å²) < 4.78 is 40.4. The standard InChI is InChI=1S/C23H22F2N4O5/c1-13-20(18(32)9-23(11-30,12-31)22-28-27-14(2)34-22)29-8-4-7-19(21(29)26-13)33-10-15-16(24)5-3-6-17(15)25/h3-8,30-31H,9-12H2,1-2H3. The number of carbonyl (C=O) groups excluding carboxylic acids is 1. The first kappa shape index (κ1) is 23.5. The van der Waals surface area contributed by atoms with Gasteiger partial charge in [0.15, 0.2) is 17.2 Å². The lowest BCUT2D eigenvalue weighted by atomic mass is 9.83. The number of imidazole rings is 1. The van der Waals surface area contributed by atoms with Crippen molar-refractivity contribution < 1.29 is 32.9 Å². The number of hydrogen-bond acceptors (Lipinski definition) is 8. The van der Waals surface area contributed by atoms with E-state index >= 15 is 0 Å². The van der Waals surface area contributed by atoms with Crippen molar-refractivity contribution in [3.05, 3.63) is 76.9 Å². The number of pyridine rings is 1. The topological polar surface area (TPSA) is 123 Å². The minimum absolute atomic E-state index is 0.0502. The van der Waals surface area contributed by atoms with Crippen molar-refractivity contribution >= 4 is 11.4 Å². The van der Waals surface area contributed by atoms with Gasteiger partial charge >= 0.3 is 0 Å². The van der Waals surface area contributed by atoms with Crippen LogP contribution in [0.25, 0.3) is 5.65 Å². The predicted octanol–water partition coefficient (Wildman–Crippen LogP) is 2.69. The second kappa shape index (κ2) is 9.27. The summed E-state index contributed by atoms with van der Waals surface area (Å²) in [6.07, 6.45) is 1.26. The molecule has 34 heavy (non-hydrogen) atoms. The Labute approximate surface area is 192 Å². The molecule has 0 aliphatic carbocycles. The fourth-order valence-corrected chi connectivity index (χ4v) is 3.70. The molecule has 0 saturated heterocycles. The average Bonchev–Trinajstić information content (AvgIpc) is 3.40. The van der Waals surface area contributed by atoms with Crippen LogP contribution in [0.4, 0.5) is 8.78 Å². The van der Waals surface area contributed by atoms with E-state index in [0.717, 1.165) is 12.1 Å². The van der Waals surface area contributed by atoms with E-state index in [-0.39, 0.29) is 47.5 Å². The number of ketones is 1. The predicted molar refractivity (Wildman–Crippen MR) is 114 cm³/mol. The highest BCUT2D eigenvalue weighted by Gasteiger charge is 2.40. The monoisotopic (exact) mass is 472 g/mol. The van der Waals surface area contributed by atoms with Crippen LogP contribution in [-0.4, -0.2) is 48.8 Å². The molecule has 0 aliphatic heterocycles. The fourth-order valence-electron chi connectivity index (χ4n) is 3.70. The molecule has 11 heteroatoms. The Morgan fingerprint density at radius 1 is 1.12 bits per heavy atom. The molecule has 0 saturated carbocycles. The summed E-state index contributed by atoms with van der Waals surface area (Å²) in [5.74, 6) is -1.51. The van der Waals surface area contributed by atoms with Gasteiger partial charge in [-0.25, -0.2) is 13.8 Å². The molecule has 0 aliphatic rings. The van der Waals surface area contributed by atoms with E-state index in [4.69, 9.17) is 9.15 Å². The van der Waals surface area contributed by atoms with E-state index in [0.29, 0.717) is 5.69 Å². The lowest BCUT2D eigenvalue weighted by Gasteiger charge is -2.24. The molecule has 0 fully saturated rings. The first-order chi connectivity index (χ1) is 16.3. The van der Waals surface area contributed by atoms with Gasteiger partial charge in [-0.2, -0.15) is 0 Å². The molecule has 0 atom stereocenters. The van der Waals surface area contributed by atoms with Crippen LogP contribution in [0.5, 0.6) is 5.75 Å². The Balaban J connectivity index is 1.66. The minimum atomic E-state index is -1.48. The number of fused-ring (bicyclic) bond motifs is 1. The van der Waals surface area contributed by atoms with E-state index < -0.39 is 36.0 Å². The summed E-state index contributed by atoms with van der Waals surface area (Å²) >= 11 is 0. The Morgan fingerprint density at radius 2 is 1.82 bits per heavy atom. The number of aryl methyl sites for hydroxylation is 2. The number of aliphatic hydroxyl groups excluding tert-OH is 2. The van der Waals surface area contributed by atoms with Crippen LogP contribution in [0.2, 0.25) is 0 Å². The van der Waals surface area contributed by atoms with Crippen molar-refractivity contribution in [3.8, 4) is 5.75 Å². The van der Waals surface area contributed by atoms with E-state index in [2.05, 4.69) is 15.2 Å². The number of benzene rings is 1. The summed E-state index contributed by atoms with van der Waals surface area (Å²) in [5, 5.41) is 27.6. The van der Waals surface area contributed by atoms with E-state index in [1.54, 1.807) is 32.2 Å². The Bertz CT molecular complexity index is 1330. The number of ether oxygens (including phenoxy) is 1. The third-order valence-corrected chi connectivity index (χ3v) is 5.57. The molecule has 9 nitrogen and oxygen atoms in total. The average molecular weight is 472 g/mol. The largest absolute Gasteiger partial charge is 0.485 e. The van der Waals surface area contributed by atoms with E-state index in [1.165, 1.54) is 10.5 Å². The SMILES string of the molecule is Cc1nnc(C(CO)(CO)CC(=O)c2c(C)nc3c(OCc4c(F)cccc4F)cccn23)o1. The smallest absolute Gasteiger partial charge is 0.227 e. The molecule has 2 N–H and O–H groups in total. The van der Waals surface area contributed by atoms with Crippen molar-refractivity contribution in [2.24, 2.45) is 0 Å². The maximum absolute atomic E-state index is 14.0. The Morgan fingerprint density at radius 3 is 2.44 bits per heavy atom. The minimum Gasteiger partial charge on any atom is -0.485 e. The van der Waals surface area contributed by atoms with Crippen molar-refractivity contribution in [2.45, 2.75) is 32.3 Å². The van der Waals surface area contributed by atoms with Gasteiger partial charge in [-0.1, -0.05) is 6.07 Å². The molecular formula is C23H22F2N4O5. The zero-order valence-corrected chi connectivity index (χ0v) is 18.5. The van der Waals surface area contributed by atoms with Crippen molar-refractivity contribution in [3.63, 3.8) is 0 Å². The molecular weight excluding hydrogens is 450 g/mol. The number of hydrogen-bond donors (Lipinski definition) is 2. The summed E-state index contributed by atoms with van der Waals surface area (Å²) in [6, 6.07) is 6.71. The van der Waals surface area contributed by atoms with Crippen LogP contribution in [0.3, 0.4) is 0 Å². The number of halogens is 2. The summed E-state index contributed by atoms with van der Waals surface area (Å²) in [5.41, 5.74) is -0.877.